The summed E-state index contributed by atoms with van der Waals surface area (Å²) in [4.78, 5) is 5.38. The van der Waals surface area contributed by atoms with Gasteiger partial charge in [-0.25, -0.2) is 0 Å². The largest absolute Gasteiger partial charge is 0.465 e. The van der Waals surface area contributed by atoms with Crippen LogP contribution in [-0.4, -0.2) is 27.9 Å². The van der Waals surface area contributed by atoms with Crippen LogP contribution in [0.5, 0.6) is 0 Å². The van der Waals surface area contributed by atoms with Gasteiger partial charge in [0.2, 0.25) is 0 Å². The topological polar surface area (TPSA) is 48.6 Å². The molecule has 0 aliphatic carbocycles. The van der Waals surface area contributed by atoms with E-state index in [0.29, 0.717) is 23.2 Å². The Morgan fingerprint density at radius 2 is 2.08 bits per heavy atom. The maximum Gasteiger partial charge on any atom is 0.264 e. The van der Waals surface area contributed by atoms with Gasteiger partial charge in [-0.05, 0) is 24.1 Å². The van der Waals surface area contributed by atoms with Gasteiger partial charge in [-0.2, -0.15) is 5.10 Å². The van der Waals surface area contributed by atoms with Crippen molar-refractivity contribution in [2.45, 2.75) is 36.6 Å². The third kappa shape index (κ3) is 3.54. The number of ether oxygens (including phenoxy) is 1. The second-order valence-corrected chi connectivity index (χ2v) is 7.27. The number of aryl methyl sites for hydroxylation is 1. The first-order valence-corrected chi connectivity index (χ1v) is 9.17. The Kier molecular flexibility index (Phi) is 5.06. The summed E-state index contributed by atoms with van der Waals surface area (Å²) in [6.07, 6.45) is 0.816. The summed E-state index contributed by atoms with van der Waals surface area (Å²) in [6, 6.07) is 10.3. The molecule has 0 radical (unpaired) electrons. The van der Waals surface area contributed by atoms with Crippen molar-refractivity contribution in [3.8, 4) is 0 Å². The smallest absolute Gasteiger partial charge is 0.264 e. The van der Waals surface area contributed by atoms with Gasteiger partial charge >= 0.3 is 0 Å². The van der Waals surface area contributed by atoms with Crippen molar-refractivity contribution in [3.63, 3.8) is 0 Å². The van der Waals surface area contributed by atoms with Crippen LogP contribution in [0, 0.1) is 0 Å². The van der Waals surface area contributed by atoms with Crippen molar-refractivity contribution in [2.75, 3.05) is 6.61 Å². The Morgan fingerprint density at radius 3 is 2.79 bits per heavy atom. The number of oxime groups is 1. The van der Waals surface area contributed by atoms with Crippen LogP contribution in [0.3, 0.4) is 0 Å². The average Bonchev–Trinajstić information content (AvgIpc) is 2.87. The number of hydrogen-bond acceptors (Lipinski definition) is 5. The Morgan fingerprint density at radius 1 is 1.33 bits per heavy atom. The highest BCUT2D eigenvalue weighted by Gasteiger charge is 2.34. The van der Waals surface area contributed by atoms with Crippen molar-refractivity contribution in [3.05, 3.63) is 46.6 Å². The standard InChI is InChI=1S/C17H20ClN3O2S/c1-4-17(2)11-22-20-15(23-17)13-14(18)19-21(3)16(13)24-10-12-8-6-5-7-9-12/h5-9H,4,10-11H2,1-3H3. The third-order valence-electron chi connectivity index (χ3n) is 3.99. The average molecular weight is 366 g/mol. The molecule has 3 rings (SSSR count). The molecule has 1 aliphatic heterocycles. The van der Waals surface area contributed by atoms with Gasteiger partial charge in [0.15, 0.2) is 11.8 Å². The Bertz CT molecular complexity index is 748. The number of halogens is 1. The van der Waals surface area contributed by atoms with Gasteiger partial charge in [-0.15, -0.1) is 11.8 Å². The molecule has 0 fully saturated rings. The lowest BCUT2D eigenvalue weighted by atomic mass is 10.0. The molecular formula is C17H20ClN3O2S. The molecule has 2 aromatic rings. The monoisotopic (exact) mass is 365 g/mol. The second-order valence-electron chi connectivity index (χ2n) is 5.94. The van der Waals surface area contributed by atoms with Crippen LogP contribution in [-0.2, 0) is 22.4 Å². The SMILES string of the molecule is CCC1(C)CON=C(c2c(Cl)nn(C)c2SCc2ccccc2)O1. The fourth-order valence-electron chi connectivity index (χ4n) is 2.33. The summed E-state index contributed by atoms with van der Waals surface area (Å²) in [5.41, 5.74) is 1.52. The highest BCUT2D eigenvalue weighted by molar-refractivity contribution is 7.98. The first-order chi connectivity index (χ1) is 11.5. The Hall–Kier alpha value is -1.66. The van der Waals surface area contributed by atoms with E-state index in [2.05, 4.69) is 29.3 Å². The lowest BCUT2D eigenvalue weighted by Crippen LogP contribution is -2.39. The maximum atomic E-state index is 6.34. The van der Waals surface area contributed by atoms with E-state index in [1.165, 1.54) is 5.56 Å². The van der Waals surface area contributed by atoms with Crippen molar-refractivity contribution in [2.24, 2.45) is 12.2 Å². The molecule has 5 nitrogen and oxygen atoms in total. The van der Waals surface area contributed by atoms with Crippen LogP contribution in [0.25, 0.3) is 0 Å². The van der Waals surface area contributed by atoms with E-state index in [0.717, 1.165) is 17.2 Å². The van der Waals surface area contributed by atoms with Crippen LogP contribution >= 0.6 is 23.4 Å². The molecule has 1 aromatic heterocycles. The zero-order chi connectivity index (χ0) is 17.2. The summed E-state index contributed by atoms with van der Waals surface area (Å²) >= 11 is 7.99. The summed E-state index contributed by atoms with van der Waals surface area (Å²) < 4.78 is 7.83. The van der Waals surface area contributed by atoms with E-state index in [-0.39, 0.29) is 0 Å². The molecule has 0 spiro atoms. The van der Waals surface area contributed by atoms with E-state index in [9.17, 15) is 0 Å². The Balaban J connectivity index is 1.87. The second kappa shape index (κ2) is 7.07. The fourth-order valence-corrected chi connectivity index (χ4v) is 3.72. The van der Waals surface area contributed by atoms with Gasteiger partial charge in [0.1, 0.15) is 16.2 Å². The molecule has 1 unspecified atom stereocenters. The number of thioether (sulfide) groups is 1. The van der Waals surface area contributed by atoms with Crippen LogP contribution in [0.1, 0.15) is 31.4 Å². The lowest BCUT2D eigenvalue weighted by Gasteiger charge is -2.31. The quantitative estimate of drug-likeness (QED) is 0.743. The number of hydrogen-bond donors (Lipinski definition) is 0. The minimum atomic E-state index is -0.405. The lowest BCUT2D eigenvalue weighted by molar-refractivity contribution is -0.0562. The molecule has 2 heterocycles. The molecule has 1 aliphatic rings. The van der Waals surface area contributed by atoms with Gasteiger partial charge in [0.25, 0.3) is 5.90 Å². The van der Waals surface area contributed by atoms with Gasteiger partial charge < -0.3 is 9.57 Å². The first kappa shape index (κ1) is 17.2. The summed E-state index contributed by atoms with van der Waals surface area (Å²) in [6.45, 7) is 4.49. The predicted molar refractivity (Wildman–Crippen MR) is 96.5 cm³/mol. The van der Waals surface area contributed by atoms with E-state index >= 15 is 0 Å². The molecule has 24 heavy (non-hydrogen) atoms. The molecule has 0 saturated carbocycles. The molecule has 1 aromatic carbocycles. The van der Waals surface area contributed by atoms with E-state index in [4.69, 9.17) is 21.2 Å². The van der Waals surface area contributed by atoms with Crippen molar-refractivity contribution < 1.29 is 9.57 Å². The molecule has 7 heteroatoms. The minimum absolute atomic E-state index is 0.371. The third-order valence-corrected chi connectivity index (χ3v) is 5.48. The van der Waals surface area contributed by atoms with Crippen molar-refractivity contribution in [1.82, 2.24) is 9.78 Å². The zero-order valence-corrected chi connectivity index (χ0v) is 15.5. The van der Waals surface area contributed by atoms with Crippen LogP contribution in [0.4, 0.5) is 0 Å². The summed E-state index contributed by atoms with van der Waals surface area (Å²) in [5.74, 6) is 1.21. The molecule has 128 valence electrons. The minimum Gasteiger partial charge on any atom is -0.465 e. The van der Waals surface area contributed by atoms with Gasteiger partial charge in [0, 0.05) is 12.8 Å². The van der Waals surface area contributed by atoms with Gasteiger partial charge in [-0.3, -0.25) is 4.68 Å². The zero-order valence-electron chi connectivity index (χ0n) is 14.0. The number of nitrogens with zero attached hydrogens (tertiary/aromatic N) is 3. The van der Waals surface area contributed by atoms with Crippen molar-refractivity contribution >= 4 is 29.3 Å². The fraction of sp³-hybridized carbons (Fsp3) is 0.412. The molecular weight excluding hydrogens is 346 g/mol. The van der Waals surface area contributed by atoms with Crippen molar-refractivity contribution in [1.29, 1.82) is 0 Å². The molecule has 0 N–H and O–H groups in total. The molecule has 0 saturated heterocycles. The van der Waals surface area contributed by atoms with Gasteiger partial charge in [0.05, 0.1) is 0 Å². The number of rotatable bonds is 5. The molecule has 1 atom stereocenters. The van der Waals surface area contributed by atoms with Crippen LogP contribution < -0.4 is 0 Å². The first-order valence-electron chi connectivity index (χ1n) is 7.81. The molecule has 0 amide bonds. The number of aromatic nitrogens is 2. The maximum absolute atomic E-state index is 6.34. The number of benzene rings is 1. The highest BCUT2D eigenvalue weighted by atomic mass is 35.5. The summed E-state index contributed by atoms with van der Waals surface area (Å²) in [7, 11) is 1.87. The highest BCUT2D eigenvalue weighted by Crippen LogP contribution is 2.34. The van der Waals surface area contributed by atoms with E-state index < -0.39 is 5.60 Å². The molecule has 0 bridgehead atoms. The van der Waals surface area contributed by atoms with E-state index in [1.807, 2.05) is 32.2 Å². The van der Waals surface area contributed by atoms with Gasteiger partial charge in [-0.1, -0.05) is 48.9 Å². The normalized spacial score (nSPS) is 20.2. The van der Waals surface area contributed by atoms with Crippen LogP contribution in [0.2, 0.25) is 5.15 Å². The Labute approximate surface area is 151 Å². The summed E-state index contributed by atoms with van der Waals surface area (Å²) in [5, 5.41) is 9.67. The van der Waals surface area contributed by atoms with E-state index in [1.54, 1.807) is 16.4 Å². The van der Waals surface area contributed by atoms with Crippen LogP contribution in [0.15, 0.2) is 40.5 Å². The predicted octanol–water partition coefficient (Wildman–Crippen LogP) is 4.24.